The van der Waals surface area contributed by atoms with Gasteiger partial charge >= 0.3 is 0 Å². The topological polar surface area (TPSA) is 6.48 Å². The Kier molecular flexibility index (Phi) is 4.44. The molecule has 2 aliphatic heterocycles. The van der Waals surface area contributed by atoms with Gasteiger partial charge in [-0.25, -0.2) is 0 Å². The smallest absolute Gasteiger partial charge is 0.115 e. The number of aryl methyl sites for hydroxylation is 1. The van der Waals surface area contributed by atoms with Crippen LogP contribution in [0.1, 0.15) is 72.3 Å². The molecule has 27 heavy (non-hydrogen) atoms. The van der Waals surface area contributed by atoms with Crippen LogP contribution < -0.4 is 4.90 Å². The molecule has 1 aromatic carbocycles. The van der Waals surface area contributed by atoms with Crippen LogP contribution in [0.15, 0.2) is 47.9 Å². The molecule has 3 aliphatic rings. The SMILES string of the molecule is CC1=C2N(C=CC2(C)C2CCCCC2)C(C(C)(C)C)N1c1ccccc1C. The van der Waals surface area contributed by atoms with E-state index in [1.54, 1.807) is 5.70 Å². The number of rotatable bonds is 2. The molecule has 0 spiro atoms. The molecule has 0 amide bonds. The first-order chi connectivity index (χ1) is 12.7. The molecule has 4 rings (SSSR count). The third-order valence-electron chi connectivity index (χ3n) is 7.16. The Labute approximate surface area is 165 Å². The standard InChI is InChI=1S/C25H36N2/c1-18-12-10-11-15-21(18)27-19(2)22-25(6,20-13-8-7-9-14-20)16-17-26(22)23(27)24(3,4)5/h10-12,15-17,20,23H,7-9,13-14H2,1-6H3. The van der Waals surface area contributed by atoms with E-state index in [0.29, 0.717) is 6.17 Å². The Morgan fingerprint density at radius 2 is 1.67 bits per heavy atom. The summed E-state index contributed by atoms with van der Waals surface area (Å²) in [5, 5.41) is 0. The fourth-order valence-corrected chi connectivity index (χ4v) is 5.85. The number of fused-ring (bicyclic) bond motifs is 1. The first-order valence-electron chi connectivity index (χ1n) is 10.8. The van der Waals surface area contributed by atoms with Crippen molar-refractivity contribution < 1.29 is 0 Å². The van der Waals surface area contributed by atoms with E-state index in [1.807, 2.05) is 0 Å². The first-order valence-corrected chi connectivity index (χ1v) is 10.8. The Bertz CT molecular complexity index is 776. The number of nitrogens with zero attached hydrogens (tertiary/aromatic N) is 2. The third kappa shape index (κ3) is 2.83. The Balaban J connectivity index is 1.83. The van der Waals surface area contributed by atoms with E-state index in [4.69, 9.17) is 0 Å². The highest BCUT2D eigenvalue weighted by Crippen LogP contribution is 2.56. The summed E-state index contributed by atoms with van der Waals surface area (Å²) in [4.78, 5) is 5.23. The molecule has 2 nitrogen and oxygen atoms in total. The molecule has 0 bridgehead atoms. The second kappa shape index (κ2) is 6.43. The molecular weight excluding hydrogens is 328 g/mol. The highest BCUT2D eigenvalue weighted by atomic mass is 15.4. The lowest BCUT2D eigenvalue weighted by Gasteiger charge is -2.42. The zero-order valence-electron chi connectivity index (χ0n) is 18.0. The quantitative estimate of drug-likeness (QED) is 0.567. The Hall–Kier alpha value is -1.70. The molecular formula is C25H36N2. The summed E-state index contributed by atoms with van der Waals surface area (Å²) in [6.45, 7) is 14.2. The van der Waals surface area contributed by atoms with Gasteiger partial charge in [0.05, 0.1) is 0 Å². The minimum Gasteiger partial charge on any atom is -0.328 e. The third-order valence-corrected chi connectivity index (χ3v) is 7.16. The van der Waals surface area contributed by atoms with Crippen molar-refractivity contribution >= 4 is 5.69 Å². The van der Waals surface area contributed by atoms with Crippen LogP contribution in [-0.4, -0.2) is 11.1 Å². The van der Waals surface area contributed by atoms with Crippen LogP contribution >= 0.6 is 0 Å². The van der Waals surface area contributed by atoms with E-state index in [0.717, 1.165) is 5.92 Å². The minimum atomic E-state index is 0.146. The molecule has 0 radical (unpaired) electrons. The molecule has 2 heterocycles. The molecule has 1 fully saturated rings. The van der Waals surface area contributed by atoms with Crippen LogP contribution in [0.2, 0.25) is 0 Å². The molecule has 2 atom stereocenters. The van der Waals surface area contributed by atoms with Gasteiger partial charge in [-0.1, -0.05) is 71.2 Å². The normalized spacial score (nSPS) is 29.0. The molecule has 0 saturated heterocycles. The first kappa shape index (κ1) is 18.7. The van der Waals surface area contributed by atoms with Gasteiger partial charge in [0.1, 0.15) is 6.17 Å². The van der Waals surface area contributed by atoms with Gasteiger partial charge in [0.15, 0.2) is 0 Å². The van der Waals surface area contributed by atoms with Gasteiger partial charge in [-0.2, -0.15) is 0 Å². The fourth-order valence-electron chi connectivity index (χ4n) is 5.85. The zero-order valence-corrected chi connectivity index (χ0v) is 18.0. The summed E-state index contributed by atoms with van der Waals surface area (Å²) in [6.07, 6.45) is 12.2. The van der Waals surface area contributed by atoms with E-state index in [2.05, 4.69) is 87.9 Å². The van der Waals surface area contributed by atoms with Crippen LogP contribution in [-0.2, 0) is 0 Å². The monoisotopic (exact) mass is 364 g/mol. The predicted octanol–water partition coefficient (Wildman–Crippen LogP) is 6.83. The van der Waals surface area contributed by atoms with Crippen molar-refractivity contribution in [2.24, 2.45) is 16.7 Å². The maximum absolute atomic E-state index is 2.62. The van der Waals surface area contributed by atoms with E-state index in [1.165, 1.54) is 49.1 Å². The molecule has 0 N–H and O–H groups in total. The Morgan fingerprint density at radius 1 is 1.00 bits per heavy atom. The van der Waals surface area contributed by atoms with Crippen molar-refractivity contribution in [1.29, 1.82) is 0 Å². The molecule has 2 heteroatoms. The molecule has 146 valence electrons. The van der Waals surface area contributed by atoms with Gasteiger partial charge in [-0.05, 0) is 44.2 Å². The van der Waals surface area contributed by atoms with Crippen LogP contribution in [0.4, 0.5) is 5.69 Å². The van der Waals surface area contributed by atoms with E-state index >= 15 is 0 Å². The lowest BCUT2D eigenvalue weighted by atomic mass is 9.68. The van der Waals surface area contributed by atoms with Gasteiger partial charge in [-0.15, -0.1) is 0 Å². The molecule has 1 saturated carbocycles. The number of hydrogen-bond acceptors (Lipinski definition) is 2. The molecule has 1 aromatic rings. The van der Waals surface area contributed by atoms with Crippen molar-refractivity contribution in [2.75, 3.05) is 4.90 Å². The predicted molar refractivity (Wildman–Crippen MR) is 115 cm³/mol. The molecule has 1 aliphatic carbocycles. The summed E-state index contributed by atoms with van der Waals surface area (Å²) in [5.74, 6) is 0.773. The minimum absolute atomic E-state index is 0.146. The Morgan fingerprint density at radius 3 is 2.30 bits per heavy atom. The van der Waals surface area contributed by atoms with E-state index < -0.39 is 0 Å². The van der Waals surface area contributed by atoms with Gasteiger partial charge in [0.25, 0.3) is 0 Å². The van der Waals surface area contributed by atoms with E-state index in [-0.39, 0.29) is 10.8 Å². The summed E-state index contributed by atoms with van der Waals surface area (Å²) in [6, 6.07) is 8.87. The van der Waals surface area contributed by atoms with Crippen LogP contribution in [0.25, 0.3) is 0 Å². The van der Waals surface area contributed by atoms with Crippen molar-refractivity contribution in [3.05, 3.63) is 53.5 Å². The second-order valence-electron chi connectivity index (χ2n) is 10.2. The highest BCUT2D eigenvalue weighted by molar-refractivity contribution is 5.63. The van der Waals surface area contributed by atoms with Crippen molar-refractivity contribution in [3.8, 4) is 0 Å². The van der Waals surface area contributed by atoms with Gasteiger partial charge in [0, 0.05) is 34.1 Å². The maximum Gasteiger partial charge on any atom is 0.115 e. The lowest BCUT2D eigenvalue weighted by Crippen LogP contribution is -2.47. The maximum atomic E-state index is 2.62. The zero-order chi connectivity index (χ0) is 19.4. The van der Waals surface area contributed by atoms with Crippen LogP contribution in [0.3, 0.4) is 0 Å². The number of anilines is 1. The average molecular weight is 365 g/mol. The van der Waals surface area contributed by atoms with Crippen LogP contribution in [0, 0.1) is 23.7 Å². The molecule has 2 unspecified atom stereocenters. The van der Waals surface area contributed by atoms with Crippen molar-refractivity contribution in [3.63, 3.8) is 0 Å². The summed E-state index contributed by atoms with van der Waals surface area (Å²) in [5.41, 5.74) is 6.03. The van der Waals surface area contributed by atoms with Crippen molar-refractivity contribution in [2.45, 2.75) is 79.8 Å². The fraction of sp³-hybridized carbons (Fsp3) is 0.600. The summed E-state index contributed by atoms with van der Waals surface area (Å²) < 4.78 is 0. The second-order valence-corrected chi connectivity index (χ2v) is 10.2. The van der Waals surface area contributed by atoms with Crippen LogP contribution in [0.5, 0.6) is 0 Å². The van der Waals surface area contributed by atoms with Gasteiger partial charge in [-0.3, -0.25) is 0 Å². The van der Waals surface area contributed by atoms with Crippen molar-refractivity contribution in [1.82, 2.24) is 4.90 Å². The van der Waals surface area contributed by atoms with E-state index in [9.17, 15) is 0 Å². The lowest BCUT2D eigenvalue weighted by molar-refractivity contribution is 0.164. The summed E-state index contributed by atoms with van der Waals surface area (Å²) in [7, 11) is 0. The number of hydrogen-bond donors (Lipinski definition) is 0. The highest BCUT2D eigenvalue weighted by Gasteiger charge is 2.52. The summed E-state index contributed by atoms with van der Waals surface area (Å²) >= 11 is 0. The number of para-hydroxylation sites is 1. The largest absolute Gasteiger partial charge is 0.328 e. The average Bonchev–Trinajstić information content (AvgIpc) is 3.13. The number of benzene rings is 1. The van der Waals surface area contributed by atoms with Gasteiger partial charge < -0.3 is 9.80 Å². The van der Waals surface area contributed by atoms with Gasteiger partial charge in [0.2, 0.25) is 0 Å². The number of allylic oxidation sites excluding steroid dienone is 2. The molecule has 0 aromatic heterocycles.